The molecule has 5 heteroatoms. The quantitative estimate of drug-likeness (QED) is 0.807. The van der Waals surface area contributed by atoms with Crippen molar-refractivity contribution < 1.29 is 18.7 Å². The van der Waals surface area contributed by atoms with Gasteiger partial charge in [-0.25, -0.2) is 4.39 Å². The molecule has 116 valence electrons. The van der Waals surface area contributed by atoms with Crippen molar-refractivity contribution >= 4 is 17.9 Å². The number of rotatable bonds is 3. The summed E-state index contributed by atoms with van der Waals surface area (Å²) >= 11 is 0. The number of ether oxygens (including phenoxy) is 1. The minimum Gasteiger partial charge on any atom is -0.496 e. The molecule has 0 radical (unpaired) electrons. The first kappa shape index (κ1) is 15.9. The number of imide groups is 1. The average Bonchev–Trinajstić information content (AvgIpc) is 2.50. The second-order valence-electron chi connectivity index (χ2n) is 5.14. The van der Waals surface area contributed by atoms with Gasteiger partial charge in [-0.3, -0.25) is 14.5 Å². The molecule has 0 aliphatic carbocycles. The van der Waals surface area contributed by atoms with Crippen molar-refractivity contribution in [3.63, 3.8) is 0 Å². The molecule has 0 N–H and O–H groups in total. The minimum absolute atomic E-state index is 0.200. The summed E-state index contributed by atoms with van der Waals surface area (Å²) in [5.41, 5.74) is 2.41. The Morgan fingerprint density at radius 3 is 2.73 bits per heavy atom. The predicted octanol–water partition coefficient (Wildman–Crippen LogP) is 2.94. The maximum Gasteiger partial charge on any atom is 0.289 e. The summed E-state index contributed by atoms with van der Waals surface area (Å²) in [7, 11) is 1.54. The molecule has 0 fully saturated rings. The van der Waals surface area contributed by atoms with Gasteiger partial charge < -0.3 is 4.74 Å². The van der Waals surface area contributed by atoms with E-state index in [9.17, 15) is 14.0 Å². The maximum absolute atomic E-state index is 14.2. The van der Waals surface area contributed by atoms with E-state index in [1.165, 1.54) is 13.2 Å². The summed E-state index contributed by atoms with van der Waals surface area (Å²) in [6.45, 7) is 3.99. The van der Waals surface area contributed by atoms with Crippen molar-refractivity contribution in [1.82, 2.24) is 4.90 Å². The largest absolute Gasteiger partial charge is 0.496 e. The van der Waals surface area contributed by atoms with Crippen molar-refractivity contribution in [3.8, 4) is 5.75 Å². The molecule has 0 unspecified atom stereocenters. The Bertz CT molecular complexity index is 677. The summed E-state index contributed by atoms with van der Waals surface area (Å²) in [5.74, 6) is -1.73. The minimum atomic E-state index is -0.964. The van der Waals surface area contributed by atoms with Gasteiger partial charge in [-0.05, 0) is 55.2 Å². The maximum atomic E-state index is 14.2. The van der Waals surface area contributed by atoms with Crippen LogP contribution in [0.25, 0.3) is 6.08 Å². The van der Waals surface area contributed by atoms with Gasteiger partial charge >= 0.3 is 0 Å². The van der Waals surface area contributed by atoms with Gasteiger partial charge in [0.1, 0.15) is 5.75 Å². The molecular formula is C17H18FNO3. The standard InChI is InChI=1S/C17H18FNO3/c1-11-8-13(10-15(22-3)12(11)2)9-14(18)17(21)19-7-5-4-6-16(19)20/h4,6,8-10H,5,7H2,1-3H3. The number of carbonyl (C=O) groups is 2. The summed E-state index contributed by atoms with van der Waals surface area (Å²) < 4.78 is 19.4. The van der Waals surface area contributed by atoms with Crippen LogP contribution in [0.1, 0.15) is 23.1 Å². The number of hydrogen-bond donors (Lipinski definition) is 0. The molecular weight excluding hydrogens is 285 g/mol. The van der Waals surface area contributed by atoms with Gasteiger partial charge in [-0.15, -0.1) is 0 Å². The number of nitrogens with zero attached hydrogens (tertiary/aromatic N) is 1. The van der Waals surface area contributed by atoms with Crippen molar-refractivity contribution in [3.05, 3.63) is 46.8 Å². The number of aryl methyl sites for hydroxylation is 1. The van der Waals surface area contributed by atoms with E-state index in [2.05, 4.69) is 0 Å². The molecule has 1 aromatic carbocycles. The van der Waals surface area contributed by atoms with Crippen LogP contribution in [-0.4, -0.2) is 30.4 Å². The molecule has 0 bridgehead atoms. The van der Waals surface area contributed by atoms with Gasteiger partial charge in [0.25, 0.3) is 11.8 Å². The molecule has 1 aliphatic rings. The second kappa shape index (κ2) is 6.56. The second-order valence-corrected chi connectivity index (χ2v) is 5.14. The normalized spacial score (nSPS) is 15.2. The Kier molecular flexibility index (Phi) is 4.75. The number of carbonyl (C=O) groups excluding carboxylic acids is 2. The van der Waals surface area contributed by atoms with Crippen molar-refractivity contribution in [2.24, 2.45) is 0 Å². The number of benzene rings is 1. The van der Waals surface area contributed by atoms with Crippen LogP contribution in [0.4, 0.5) is 4.39 Å². The van der Waals surface area contributed by atoms with Gasteiger partial charge in [0.15, 0.2) is 5.83 Å². The number of halogens is 1. The smallest absolute Gasteiger partial charge is 0.289 e. The Labute approximate surface area is 128 Å². The summed E-state index contributed by atoms with van der Waals surface area (Å²) in [6.07, 6.45) is 4.63. The van der Waals surface area contributed by atoms with Crippen LogP contribution in [0.3, 0.4) is 0 Å². The molecule has 1 aliphatic heterocycles. The highest BCUT2D eigenvalue weighted by Gasteiger charge is 2.24. The topological polar surface area (TPSA) is 46.6 Å². The van der Waals surface area contributed by atoms with Gasteiger partial charge in [0, 0.05) is 6.54 Å². The third-order valence-corrected chi connectivity index (χ3v) is 3.65. The molecule has 4 nitrogen and oxygen atoms in total. The van der Waals surface area contributed by atoms with Gasteiger partial charge in [0.2, 0.25) is 0 Å². The molecule has 0 saturated carbocycles. The molecule has 0 spiro atoms. The Hall–Kier alpha value is -2.43. The lowest BCUT2D eigenvalue weighted by molar-refractivity contribution is -0.140. The molecule has 2 amide bonds. The van der Waals surface area contributed by atoms with E-state index in [0.29, 0.717) is 17.7 Å². The van der Waals surface area contributed by atoms with Crippen LogP contribution in [0.2, 0.25) is 0 Å². The van der Waals surface area contributed by atoms with Crippen LogP contribution in [-0.2, 0) is 9.59 Å². The van der Waals surface area contributed by atoms with Crippen LogP contribution in [0.5, 0.6) is 5.75 Å². The van der Waals surface area contributed by atoms with E-state index in [4.69, 9.17) is 4.74 Å². The summed E-state index contributed by atoms with van der Waals surface area (Å²) in [6, 6.07) is 3.43. The predicted molar refractivity (Wildman–Crippen MR) is 82.0 cm³/mol. The lowest BCUT2D eigenvalue weighted by Gasteiger charge is -2.20. The van der Waals surface area contributed by atoms with Gasteiger partial charge in [-0.1, -0.05) is 12.1 Å². The average molecular weight is 303 g/mol. The zero-order valence-corrected chi connectivity index (χ0v) is 12.9. The first-order chi connectivity index (χ1) is 10.4. The van der Waals surface area contributed by atoms with E-state index in [1.54, 1.807) is 18.2 Å². The van der Waals surface area contributed by atoms with Crippen molar-refractivity contribution in [2.45, 2.75) is 20.3 Å². The molecule has 1 heterocycles. The molecule has 1 aromatic rings. The lowest BCUT2D eigenvalue weighted by atomic mass is 10.0. The number of methoxy groups -OCH3 is 1. The Morgan fingerprint density at radius 2 is 2.09 bits per heavy atom. The molecule has 22 heavy (non-hydrogen) atoms. The van der Waals surface area contributed by atoms with Crippen LogP contribution in [0.15, 0.2) is 30.1 Å². The molecule has 0 atom stereocenters. The van der Waals surface area contributed by atoms with Crippen LogP contribution in [0, 0.1) is 13.8 Å². The highest BCUT2D eigenvalue weighted by atomic mass is 19.1. The SMILES string of the molecule is COc1cc(C=C(F)C(=O)N2CCC=CC2=O)cc(C)c1C. The highest BCUT2D eigenvalue weighted by Crippen LogP contribution is 2.25. The van der Waals surface area contributed by atoms with E-state index in [-0.39, 0.29) is 6.54 Å². The van der Waals surface area contributed by atoms with E-state index in [0.717, 1.165) is 22.1 Å². The van der Waals surface area contributed by atoms with Crippen LogP contribution < -0.4 is 4.74 Å². The zero-order chi connectivity index (χ0) is 16.3. The lowest BCUT2D eigenvalue weighted by Crippen LogP contribution is -2.38. The fourth-order valence-corrected chi connectivity index (χ4v) is 2.28. The van der Waals surface area contributed by atoms with E-state index >= 15 is 0 Å². The zero-order valence-electron chi connectivity index (χ0n) is 12.9. The molecule has 0 aromatic heterocycles. The number of hydrogen-bond acceptors (Lipinski definition) is 3. The fraction of sp³-hybridized carbons (Fsp3) is 0.294. The third kappa shape index (κ3) is 3.24. The summed E-state index contributed by atoms with van der Waals surface area (Å²) in [4.78, 5) is 24.5. The van der Waals surface area contributed by atoms with Gasteiger partial charge in [-0.2, -0.15) is 0 Å². The van der Waals surface area contributed by atoms with E-state index in [1.807, 2.05) is 13.8 Å². The first-order valence-corrected chi connectivity index (χ1v) is 6.99. The molecule has 0 saturated heterocycles. The van der Waals surface area contributed by atoms with Crippen molar-refractivity contribution in [1.29, 1.82) is 0 Å². The van der Waals surface area contributed by atoms with Gasteiger partial charge in [0.05, 0.1) is 7.11 Å². The summed E-state index contributed by atoms with van der Waals surface area (Å²) in [5, 5.41) is 0. The van der Waals surface area contributed by atoms with Crippen molar-refractivity contribution in [2.75, 3.05) is 13.7 Å². The number of amides is 2. The van der Waals surface area contributed by atoms with E-state index < -0.39 is 17.6 Å². The highest BCUT2D eigenvalue weighted by molar-refractivity contribution is 6.08. The Morgan fingerprint density at radius 1 is 1.36 bits per heavy atom. The third-order valence-electron chi connectivity index (χ3n) is 3.65. The molecule has 2 rings (SSSR count). The van der Waals surface area contributed by atoms with Crippen LogP contribution >= 0.6 is 0 Å². The fourth-order valence-electron chi connectivity index (χ4n) is 2.28. The monoisotopic (exact) mass is 303 g/mol. The first-order valence-electron chi connectivity index (χ1n) is 6.99. The Balaban J connectivity index is 2.29.